The summed E-state index contributed by atoms with van der Waals surface area (Å²) in [5, 5.41) is 10.3. The molecule has 1 aromatic heterocycles. The second-order valence-corrected chi connectivity index (χ2v) is 5.76. The topological polar surface area (TPSA) is 83.4 Å². The number of piperazine rings is 1. The summed E-state index contributed by atoms with van der Waals surface area (Å²) in [6, 6.07) is 6.97. The average molecular weight is 328 g/mol. The molecule has 0 saturated carbocycles. The summed E-state index contributed by atoms with van der Waals surface area (Å²) in [6.45, 7) is 3.16. The van der Waals surface area contributed by atoms with Crippen LogP contribution in [0.5, 0.6) is 0 Å². The second-order valence-electron chi connectivity index (χ2n) is 5.76. The number of hydrogen-bond acceptors (Lipinski definition) is 5. The zero-order chi connectivity index (χ0) is 16.9. The Bertz CT molecular complexity index is 690. The molecule has 1 aliphatic rings. The Kier molecular flexibility index (Phi) is 4.85. The van der Waals surface area contributed by atoms with Gasteiger partial charge in [-0.25, -0.2) is 4.68 Å². The molecule has 0 atom stereocenters. The van der Waals surface area contributed by atoms with E-state index in [1.165, 1.54) is 0 Å². The van der Waals surface area contributed by atoms with Gasteiger partial charge in [0.1, 0.15) is 0 Å². The molecule has 8 nitrogen and oxygen atoms in total. The molecule has 1 N–H and O–H groups in total. The van der Waals surface area contributed by atoms with Gasteiger partial charge in [0.25, 0.3) is 5.91 Å². The third-order valence-corrected chi connectivity index (χ3v) is 4.07. The maximum atomic E-state index is 12.2. The van der Waals surface area contributed by atoms with E-state index < -0.39 is 0 Å². The largest absolute Gasteiger partial charge is 0.343 e. The van der Waals surface area contributed by atoms with Crippen LogP contribution < -0.4 is 5.32 Å². The van der Waals surface area contributed by atoms with E-state index in [0.717, 1.165) is 18.8 Å². The van der Waals surface area contributed by atoms with E-state index in [2.05, 4.69) is 20.5 Å². The Labute approximate surface area is 140 Å². The van der Waals surface area contributed by atoms with Gasteiger partial charge in [-0.3, -0.25) is 9.59 Å². The Morgan fingerprint density at radius 1 is 1.12 bits per heavy atom. The van der Waals surface area contributed by atoms with Crippen molar-refractivity contribution in [3.63, 3.8) is 0 Å². The van der Waals surface area contributed by atoms with E-state index in [0.29, 0.717) is 18.7 Å². The van der Waals surface area contributed by atoms with Crippen molar-refractivity contribution in [1.82, 2.24) is 30.1 Å². The lowest BCUT2D eigenvalue weighted by atomic mass is 10.2. The lowest BCUT2D eigenvalue weighted by Gasteiger charge is -2.32. The van der Waals surface area contributed by atoms with Crippen molar-refractivity contribution < 1.29 is 9.59 Å². The first kappa shape index (κ1) is 16.1. The smallest absolute Gasteiger partial charge is 0.251 e. The van der Waals surface area contributed by atoms with Gasteiger partial charge in [-0.1, -0.05) is 5.21 Å². The van der Waals surface area contributed by atoms with Gasteiger partial charge in [0.05, 0.1) is 24.6 Å². The summed E-state index contributed by atoms with van der Waals surface area (Å²) >= 11 is 0. The first-order chi connectivity index (χ1) is 11.6. The van der Waals surface area contributed by atoms with Gasteiger partial charge < -0.3 is 15.1 Å². The Morgan fingerprint density at radius 2 is 1.83 bits per heavy atom. The average Bonchev–Trinajstić information content (AvgIpc) is 3.15. The summed E-state index contributed by atoms with van der Waals surface area (Å²) in [7, 11) is 2.03. The molecule has 0 spiro atoms. The van der Waals surface area contributed by atoms with Gasteiger partial charge >= 0.3 is 0 Å². The van der Waals surface area contributed by atoms with Crippen LogP contribution in [-0.4, -0.2) is 76.4 Å². The second kappa shape index (κ2) is 7.22. The molecule has 3 rings (SSSR count). The van der Waals surface area contributed by atoms with Gasteiger partial charge in [0.2, 0.25) is 5.91 Å². The van der Waals surface area contributed by atoms with E-state index in [-0.39, 0.29) is 18.4 Å². The monoisotopic (exact) mass is 328 g/mol. The Morgan fingerprint density at radius 3 is 2.46 bits per heavy atom. The molecule has 2 heterocycles. The first-order valence-electron chi connectivity index (χ1n) is 7.85. The quantitative estimate of drug-likeness (QED) is 0.838. The van der Waals surface area contributed by atoms with E-state index in [1.807, 2.05) is 7.05 Å². The predicted octanol–water partition coefficient (Wildman–Crippen LogP) is -0.229. The number of carbonyl (C=O) groups excluding carboxylic acids is 2. The highest BCUT2D eigenvalue weighted by Gasteiger charge is 2.19. The third-order valence-electron chi connectivity index (χ3n) is 4.07. The SMILES string of the molecule is CN1CCN(C(=O)CNC(=O)c2ccc(-n3ccnn3)cc2)CC1. The van der Waals surface area contributed by atoms with Crippen LogP contribution >= 0.6 is 0 Å². The van der Waals surface area contributed by atoms with Crippen molar-refractivity contribution in [1.29, 1.82) is 0 Å². The van der Waals surface area contributed by atoms with Gasteiger partial charge in [0.15, 0.2) is 0 Å². The normalized spacial score (nSPS) is 15.3. The van der Waals surface area contributed by atoms with Crippen LogP contribution in [0.1, 0.15) is 10.4 Å². The standard InChI is InChI=1S/C16H20N6O2/c1-20-8-10-21(11-9-20)15(23)12-17-16(24)13-2-4-14(5-3-13)22-7-6-18-19-22/h2-7H,8-12H2,1H3,(H,17,24). The van der Waals surface area contributed by atoms with Crippen molar-refractivity contribution in [2.45, 2.75) is 0 Å². The molecule has 1 fully saturated rings. The third kappa shape index (κ3) is 3.77. The Balaban J connectivity index is 1.52. The van der Waals surface area contributed by atoms with Crippen molar-refractivity contribution in [2.75, 3.05) is 39.8 Å². The zero-order valence-electron chi connectivity index (χ0n) is 13.6. The highest BCUT2D eigenvalue weighted by atomic mass is 16.2. The predicted molar refractivity (Wildman–Crippen MR) is 87.8 cm³/mol. The maximum Gasteiger partial charge on any atom is 0.251 e. The molecule has 1 aliphatic heterocycles. The molecular formula is C16H20N6O2. The molecule has 0 radical (unpaired) electrons. The van der Waals surface area contributed by atoms with Crippen LogP contribution in [0.3, 0.4) is 0 Å². The summed E-state index contributed by atoms with van der Waals surface area (Å²) in [5.41, 5.74) is 1.32. The van der Waals surface area contributed by atoms with Gasteiger partial charge in [-0.05, 0) is 31.3 Å². The summed E-state index contributed by atoms with van der Waals surface area (Å²) in [4.78, 5) is 28.2. The minimum Gasteiger partial charge on any atom is -0.343 e. The molecule has 8 heteroatoms. The number of nitrogens with one attached hydrogen (secondary N) is 1. The molecular weight excluding hydrogens is 308 g/mol. The van der Waals surface area contributed by atoms with Crippen LogP contribution in [0.25, 0.3) is 5.69 Å². The lowest BCUT2D eigenvalue weighted by molar-refractivity contribution is -0.131. The number of aromatic nitrogens is 3. The minimum absolute atomic E-state index is 0.0212. The molecule has 2 aromatic rings. The number of carbonyl (C=O) groups is 2. The highest BCUT2D eigenvalue weighted by Crippen LogP contribution is 2.08. The zero-order valence-corrected chi connectivity index (χ0v) is 13.6. The fourth-order valence-corrected chi connectivity index (χ4v) is 2.54. The van der Waals surface area contributed by atoms with Crippen molar-refractivity contribution in [3.8, 4) is 5.69 Å². The first-order valence-corrected chi connectivity index (χ1v) is 7.85. The van der Waals surface area contributed by atoms with Gasteiger partial charge in [-0.15, -0.1) is 5.10 Å². The summed E-state index contributed by atoms with van der Waals surface area (Å²) in [5.74, 6) is -0.307. The van der Waals surface area contributed by atoms with Crippen LogP contribution in [0.15, 0.2) is 36.7 Å². The van der Waals surface area contributed by atoms with Crippen LogP contribution in [0.2, 0.25) is 0 Å². The molecule has 1 aromatic carbocycles. The van der Waals surface area contributed by atoms with Crippen LogP contribution in [-0.2, 0) is 4.79 Å². The van der Waals surface area contributed by atoms with Crippen LogP contribution in [0, 0.1) is 0 Å². The molecule has 0 bridgehead atoms. The maximum absolute atomic E-state index is 12.2. The number of hydrogen-bond donors (Lipinski definition) is 1. The fraction of sp³-hybridized carbons (Fsp3) is 0.375. The number of nitrogens with zero attached hydrogens (tertiary/aromatic N) is 5. The van der Waals surface area contributed by atoms with E-state index >= 15 is 0 Å². The number of likely N-dealkylation sites (N-methyl/N-ethyl adjacent to an activating group) is 1. The van der Waals surface area contributed by atoms with Crippen molar-refractivity contribution >= 4 is 11.8 Å². The Hall–Kier alpha value is -2.74. The number of amides is 2. The van der Waals surface area contributed by atoms with E-state index in [4.69, 9.17) is 0 Å². The molecule has 0 aliphatic carbocycles. The van der Waals surface area contributed by atoms with E-state index in [9.17, 15) is 9.59 Å². The molecule has 0 unspecified atom stereocenters. The van der Waals surface area contributed by atoms with Crippen LogP contribution in [0.4, 0.5) is 0 Å². The molecule has 126 valence electrons. The molecule has 1 saturated heterocycles. The minimum atomic E-state index is -0.261. The highest BCUT2D eigenvalue weighted by molar-refractivity contribution is 5.96. The fourth-order valence-electron chi connectivity index (χ4n) is 2.54. The van der Waals surface area contributed by atoms with Gasteiger partial charge in [0, 0.05) is 31.7 Å². The number of rotatable bonds is 4. The molecule has 24 heavy (non-hydrogen) atoms. The summed E-state index contributed by atoms with van der Waals surface area (Å²) in [6.07, 6.45) is 3.31. The van der Waals surface area contributed by atoms with Gasteiger partial charge in [-0.2, -0.15) is 0 Å². The van der Waals surface area contributed by atoms with Crippen molar-refractivity contribution in [3.05, 3.63) is 42.2 Å². The van der Waals surface area contributed by atoms with Crippen molar-refractivity contribution in [2.24, 2.45) is 0 Å². The molecule has 2 amide bonds. The van der Waals surface area contributed by atoms with E-state index in [1.54, 1.807) is 46.2 Å². The summed E-state index contributed by atoms with van der Waals surface area (Å²) < 4.78 is 1.61. The lowest BCUT2D eigenvalue weighted by Crippen LogP contribution is -2.50. The number of benzene rings is 1.